The molecule has 0 bridgehead atoms. The summed E-state index contributed by atoms with van der Waals surface area (Å²) in [5, 5.41) is 0.538. The number of carbonyl (C=O) groups excluding carboxylic acids is 2. The van der Waals surface area contributed by atoms with Gasteiger partial charge in [-0.3, -0.25) is 14.2 Å². The first-order chi connectivity index (χ1) is 18.2. The van der Waals surface area contributed by atoms with Crippen LogP contribution in [-0.2, 0) is 14.3 Å². The average molecular weight is 550 g/mol. The minimum absolute atomic E-state index is 0.192. The lowest BCUT2D eigenvalue weighted by Crippen LogP contribution is -2.41. The Morgan fingerprint density at radius 1 is 1.13 bits per heavy atom. The zero-order valence-electron chi connectivity index (χ0n) is 21.7. The quantitative estimate of drug-likeness (QED) is 0.428. The first kappa shape index (κ1) is 26.1. The maximum Gasteiger partial charge on any atom is 0.338 e. The number of hydrogen-bond acceptors (Lipinski definition) is 6. The molecule has 3 heterocycles. The number of fused-ring (bicyclic) bond motifs is 2. The molecule has 38 heavy (non-hydrogen) atoms. The number of nitrogens with zero attached hydrogens (tertiary/aromatic N) is 3. The zero-order valence-corrected chi connectivity index (χ0v) is 23.2. The molecule has 1 amide bonds. The van der Waals surface area contributed by atoms with Crippen LogP contribution >= 0.6 is 22.9 Å². The normalized spacial score (nSPS) is 18.0. The number of rotatable bonds is 6. The molecule has 0 aliphatic carbocycles. The Kier molecular flexibility index (Phi) is 7.11. The number of aromatic nitrogens is 1. The van der Waals surface area contributed by atoms with Crippen molar-refractivity contribution in [2.45, 2.75) is 52.7 Å². The van der Waals surface area contributed by atoms with E-state index in [2.05, 4.69) is 11.9 Å². The number of hydrogen-bond donors (Lipinski definition) is 0. The molecule has 1 atom stereocenters. The van der Waals surface area contributed by atoms with Crippen molar-refractivity contribution in [2.24, 2.45) is 4.99 Å². The predicted octanol–water partition coefficient (Wildman–Crippen LogP) is 4.36. The zero-order chi connectivity index (χ0) is 27.1. The van der Waals surface area contributed by atoms with Gasteiger partial charge in [0.2, 0.25) is 0 Å². The third-order valence-corrected chi connectivity index (χ3v) is 7.94. The smallest absolute Gasteiger partial charge is 0.338 e. The van der Waals surface area contributed by atoms with E-state index in [0.29, 0.717) is 37.7 Å². The predicted molar refractivity (Wildman–Crippen MR) is 149 cm³/mol. The van der Waals surface area contributed by atoms with Crippen LogP contribution in [0.5, 0.6) is 0 Å². The molecule has 7 nitrogen and oxygen atoms in total. The van der Waals surface area contributed by atoms with Crippen LogP contribution in [0.2, 0.25) is 5.02 Å². The minimum atomic E-state index is -0.771. The Hall–Kier alpha value is -3.49. The number of amides is 1. The van der Waals surface area contributed by atoms with Crippen LogP contribution in [0.4, 0.5) is 5.69 Å². The van der Waals surface area contributed by atoms with Crippen molar-refractivity contribution >= 4 is 46.1 Å². The van der Waals surface area contributed by atoms with Gasteiger partial charge >= 0.3 is 5.97 Å². The summed E-state index contributed by atoms with van der Waals surface area (Å²) in [4.78, 5) is 47.9. The van der Waals surface area contributed by atoms with Crippen molar-refractivity contribution in [1.82, 2.24) is 4.57 Å². The summed E-state index contributed by atoms with van der Waals surface area (Å²) in [6.45, 7) is 7.94. The van der Waals surface area contributed by atoms with Gasteiger partial charge in [0.15, 0.2) is 4.80 Å². The molecule has 0 saturated carbocycles. The van der Waals surface area contributed by atoms with E-state index in [1.54, 1.807) is 49.9 Å². The van der Waals surface area contributed by atoms with Crippen molar-refractivity contribution in [2.75, 3.05) is 11.4 Å². The summed E-state index contributed by atoms with van der Waals surface area (Å²) in [7, 11) is 0. The van der Waals surface area contributed by atoms with E-state index in [4.69, 9.17) is 16.3 Å². The third-order valence-electron chi connectivity index (χ3n) is 6.63. The molecule has 1 aromatic heterocycles. The highest BCUT2D eigenvalue weighted by Gasteiger charge is 2.37. The van der Waals surface area contributed by atoms with Gasteiger partial charge in [-0.1, -0.05) is 66.6 Å². The number of carbonyl (C=O) groups is 2. The molecule has 5 rings (SSSR count). The lowest BCUT2D eigenvalue weighted by Gasteiger charge is -2.25. The fourth-order valence-corrected chi connectivity index (χ4v) is 6.17. The summed E-state index contributed by atoms with van der Waals surface area (Å²) in [6.07, 6.45) is 1.45. The summed E-state index contributed by atoms with van der Waals surface area (Å²) in [6, 6.07) is 13.8. The van der Waals surface area contributed by atoms with E-state index in [9.17, 15) is 14.4 Å². The number of anilines is 1. The second kappa shape index (κ2) is 10.3. The van der Waals surface area contributed by atoms with E-state index in [0.717, 1.165) is 24.1 Å². The maximum absolute atomic E-state index is 14.1. The highest BCUT2D eigenvalue weighted by molar-refractivity contribution is 7.07. The molecule has 0 radical (unpaired) electrons. The standard InChI is InChI=1S/C29H28ClN3O4S/c1-5-6-15-32-21-10-8-7-9-20(21)23(26(32)34)25-27(35)33-24(18-11-13-19(30)14-12-18)22(28(36)37-16(2)3)17(4)31-29(33)38-25/h7-14,16,24H,5-6,15H2,1-4H3/b25-23+/t24-/m0/s1. The third kappa shape index (κ3) is 4.41. The molecule has 0 N–H and O–H groups in total. The molecule has 0 saturated heterocycles. The summed E-state index contributed by atoms with van der Waals surface area (Å²) < 4.78 is 7.37. The molecule has 2 aliphatic heterocycles. The molecule has 2 aliphatic rings. The van der Waals surface area contributed by atoms with Gasteiger partial charge in [0, 0.05) is 17.1 Å². The van der Waals surface area contributed by atoms with Crippen LogP contribution in [0.15, 0.2) is 69.6 Å². The molecule has 3 aromatic rings. The number of halogens is 1. The van der Waals surface area contributed by atoms with E-state index >= 15 is 0 Å². The van der Waals surface area contributed by atoms with Gasteiger partial charge < -0.3 is 9.64 Å². The van der Waals surface area contributed by atoms with Crippen molar-refractivity contribution in [3.05, 3.63) is 95.6 Å². The number of para-hydroxylation sites is 1. The summed E-state index contributed by atoms with van der Waals surface area (Å²) in [5.41, 5.74) is 2.99. The van der Waals surface area contributed by atoms with E-state index in [-0.39, 0.29) is 23.1 Å². The first-order valence-electron chi connectivity index (χ1n) is 12.7. The van der Waals surface area contributed by atoms with Crippen LogP contribution in [0, 0.1) is 0 Å². The van der Waals surface area contributed by atoms with Gasteiger partial charge in [0.1, 0.15) is 4.53 Å². The molecule has 2 aromatic carbocycles. The number of thiazole rings is 1. The first-order valence-corrected chi connectivity index (χ1v) is 13.8. The maximum atomic E-state index is 14.1. The van der Waals surface area contributed by atoms with Crippen molar-refractivity contribution in [3.8, 4) is 0 Å². The van der Waals surface area contributed by atoms with E-state index in [1.165, 1.54) is 15.9 Å². The summed E-state index contributed by atoms with van der Waals surface area (Å²) in [5.74, 6) is -0.727. The Morgan fingerprint density at radius 2 is 1.84 bits per heavy atom. The van der Waals surface area contributed by atoms with Gasteiger partial charge in [-0.05, 0) is 51.0 Å². The fourth-order valence-electron chi connectivity index (χ4n) is 4.91. The molecule has 196 valence electrons. The minimum Gasteiger partial charge on any atom is -0.459 e. The SMILES string of the molecule is CCCCN1C(=O)/C(=c2/sc3n(c2=O)[C@@H](c2ccc(Cl)cc2)C(C(=O)OC(C)C)=C(C)N=3)c2ccccc21. The van der Waals surface area contributed by atoms with Crippen molar-refractivity contribution in [3.63, 3.8) is 0 Å². The molecule has 0 fully saturated rings. The topological polar surface area (TPSA) is 81.0 Å². The Balaban J connectivity index is 1.77. The largest absolute Gasteiger partial charge is 0.459 e. The van der Waals surface area contributed by atoms with Gasteiger partial charge in [0.05, 0.1) is 34.7 Å². The van der Waals surface area contributed by atoms with Gasteiger partial charge in [0.25, 0.3) is 11.5 Å². The van der Waals surface area contributed by atoms with Gasteiger partial charge in [-0.25, -0.2) is 9.79 Å². The van der Waals surface area contributed by atoms with Gasteiger partial charge in [-0.15, -0.1) is 0 Å². The van der Waals surface area contributed by atoms with E-state index in [1.807, 2.05) is 24.3 Å². The van der Waals surface area contributed by atoms with Gasteiger partial charge in [-0.2, -0.15) is 0 Å². The number of esters is 1. The van der Waals surface area contributed by atoms with Crippen LogP contribution in [-0.4, -0.2) is 29.1 Å². The summed E-state index contributed by atoms with van der Waals surface area (Å²) >= 11 is 7.32. The highest BCUT2D eigenvalue weighted by atomic mass is 35.5. The van der Waals surface area contributed by atoms with Crippen LogP contribution in [0.3, 0.4) is 0 Å². The molecular formula is C29H28ClN3O4S. The Labute approximate surface area is 229 Å². The molecule has 0 spiro atoms. The lowest BCUT2D eigenvalue weighted by atomic mass is 9.96. The number of ether oxygens (including phenoxy) is 1. The number of allylic oxidation sites excluding steroid dienone is 1. The Morgan fingerprint density at radius 3 is 2.53 bits per heavy atom. The molecular weight excluding hydrogens is 522 g/mol. The molecule has 0 unspecified atom stereocenters. The number of unbranched alkanes of at least 4 members (excludes halogenated alkanes) is 1. The second-order valence-corrected chi connectivity index (χ2v) is 11.0. The van der Waals surface area contributed by atoms with Crippen LogP contribution in [0.1, 0.15) is 57.7 Å². The monoisotopic (exact) mass is 549 g/mol. The highest BCUT2D eigenvalue weighted by Crippen LogP contribution is 2.36. The van der Waals surface area contributed by atoms with Crippen molar-refractivity contribution in [1.29, 1.82) is 0 Å². The van der Waals surface area contributed by atoms with Crippen LogP contribution < -0.4 is 19.8 Å². The molecule has 9 heteroatoms. The van der Waals surface area contributed by atoms with E-state index < -0.39 is 12.0 Å². The fraction of sp³-hybridized carbons (Fsp3) is 0.310. The second-order valence-electron chi connectivity index (χ2n) is 9.61. The lowest BCUT2D eigenvalue weighted by molar-refractivity contribution is -0.143. The number of benzene rings is 2. The van der Waals surface area contributed by atoms with Crippen molar-refractivity contribution < 1.29 is 14.3 Å². The average Bonchev–Trinajstić information content (AvgIpc) is 3.34. The Bertz CT molecular complexity index is 1650. The van der Waals surface area contributed by atoms with Crippen LogP contribution in [0.25, 0.3) is 5.57 Å².